The lowest BCUT2D eigenvalue weighted by Gasteiger charge is -2.11. The number of carbonyl (C=O) groups is 1. The van der Waals surface area contributed by atoms with E-state index in [1.807, 2.05) is 23.7 Å². The predicted octanol–water partition coefficient (Wildman–Crippen LogP) is 3.04. The maximum Gasteiger partial charge on any atom is 0.344 e. The highest BCUT2D eigenvalue weighted by Crippen LogP contribution is 2.28. The molecule has 0 fully saturated rings. The summed E-state index contributed by atoms with van der Waals surface area (Å²) in [5.74, 6) is -0.429. The molecule has 5 heteroatoms. The molecule has 0 amide bonds. The molecule has 1 aromatic carbocycles. The lowest BCUT2D eigenvalue weighted by Crippen LogP contribution is -2.22. The van der Waals surface area contributed by atoms with Gasteiger partial charge in [-0.25, -0.2) is 4.79 Å². The van der Waals surface area contributed by atoms with Crippen LogP contribution in [0.4, 0.5) is 0 Å². The molecule has 0 saturated heterocycles. The van der Waals surface area contributed by atoms with Crippen LogP contribution in [-0.4, -0.2) is 27.0 Å². The summed E-state index contributed by atoms with van der Waals surface area (Å²) in [6.07, 6.45) is -0.859. The van der Waals surface area contributed by atoms with Gasteiger partial charge in [-0.3, -0.25) is 4.68 Å². The first-order chi connectivity index (χ1) is 9.93. The average molecular weight is 288 g/mol. The highest BCUT2D eigenvalue weighted by molar-refractivity contribution is 5.72. The summed E-state index contributed by atoms with van der Waals surface area (Å²) < 4.78 is 7.31. The predicted molar refractivity (Wildman–Crippen MR) is 80.5 cm³/mol. The van der Waals surface area contributed by atoms with E-state index in [2.05, 4.69) is 18.9 Å². The van der Waals surface area contributed by atoms with Gasteiger partial charge in [-0.05, 0) is 45.4 Å². The van der Waals surface area contributed by atoms with Crippen LogP contribution in [-0.2, 0) is 11.3 Å². The van der Waals surface area contributed by atoms with Gasteiger partial charge >= 0.3 is 5.97 Å². The SMILES string of the molecule is CCn1nc(C)c(-c2ccc(O[C@@H](C)C(=O)O)cc2)c1C. The molecule has 2 rings (SSSR count). The number of benzene rings is 1. The number of rotatable bonds is 5. The van der Waals surface area contributed by atoms with E-state index in [0.29, 0.717) is 5.75 Å². The Morgan fingerprint density at radius 2 is 1.95 bits per heavy atom. The zero-order valence-electron chi connectivity index (χ0n) is 12.8. The monoisotopic (exact) mass is 288 g/mol. The Morgan fingerprint density at radius 3 is 2.43 bits per heavy atom. The van der Waals surface area contributed by atoms with E-state index in [1.54, 1.807) is 12.1 Å². The molecule has 5 nitrogen and oxygen atoms in total. The molecule has 1 N–H and O–H groups in total. The number of hydrogen-bond donors (Lipinski definition) is 1. The zero-order valence-corrected chi connectivity index (χ0v) is 12.8. The molecule has 2 aromatic rings. The fourth-order valence-electron chi connectivity index (χ4n) is 2.38. The first kappa shape index (κ1) is 15.1. The summed E-state index contributed by atoms with van der Waals surface area (Å²) in [4.78, 5) is 10.8. The van der Waals surface area contributed by atoms with Crippen molar-refractivity contribution in [1.29, 1.82) is 0 Å². The van der Waals surface area contributed by atoms with Crippen LogP contribution in [0, 0.1) is 13.8 Å². The number of ether oxygens (including phenoxy) is 1. The van der Waals surface area contributed by atoms with Crippen molar-refractivity contribution in [3.8, 4) is 16.9 Å². The normalized spacial score (nSPS) is 12.2. The Balaban J connectivity index is 2.27. The van der Waals surface area contributed by atoms with Gasteiger partial charge in [-0.2, -0.15) is 5.10 Å². The van der Waals surface area contributed by atoms with E-state index < -0.39 is 12.1 Å². The van der Waals surface area contributed by atoms with Crippen molar-refractivity contribution in [2.24, 2.45) is 0 Å². The van der Waals surface area contributed by atoms with Crippen molar-refractivity contribution in [2.75, 3.05) is 0 Å². The van der Waals surface area contributed by atoms with Gasteiger partial charge in [0.2, 0.25) is 0 Å². The third-order valence-corrected chi connectivity index (χ3v) is 3.48. The van der Waals surface area contributed by atoms with Crippen molar-refractivity contribution in [3.63, 3.8) is 0 Å². The number of aromatic nitrogens is 2. The second-order valence-corrected chi connectivity index (χ2v) is 4.98. The molecule has 1 heterocycles. The number of hydrogen-bond acceptors (Lipinski definition) is 3. The van der Waals surface area contributed by atoms with E-state index in [-0.39, 0.29) is 0 Å². The number of nitrogens with zero attached hydrogens (tertiary/aromatic N) is 2. The molecule has 0 aliphatic carbocycles. The Kier molecular flexibility index (Phi) is 4.31. The minimum absolute atomic E-state index is 0.548. The second-order valence-electron chi connectivity index (χ2n) is 4.98. The van der Waals surface area contributed by atoms with E-state index in [1.165, 1.54) is 6.92 Å². The molecule has 112 valence electrons. The highest BCUT2D eigenvalue weighted by Gasteiger charge is 2.14. The topological polar surface area (TPSA) is 64.4 Å². The van der Waals surface area contributed by atoms with Crippen LogP contribution in [0.3, 0.4) is 0 Å². The van der Waals surface area contributed by atoms with Crippen LogP contribution in [0.15, 0.2) is 24.3 Å². The first-order valence-electron chi connectivity index (χ1n) is 6.98. The standard InChI is InChI=1S/C16H20N2O3/c1-5-18-11(3)15(10(2)17-18)13-6-8-14(9-7-13)21-12(4)16(19)20/h6-9,12H,5H2,1-4H3,(H,19,20)/t12-/m0/s1. The maximum atomic E-state index is 10.8. The molecule has 21 heavy (non-hydrogen) atoms. The van der Waals surface area contributed by atoms with E-state index in [0.717, 1.165) is 29.1 Å². The van der Waals surface area contributed by atoms with E-state index in [9.17, 15) is 4.79 Å². The lowest BCUT2D eigenvalue weighted by molar-refractivity contribution is -0.144. The van der Waals surface area contributed by atoms with Crippen LogP contribution in [0.25, 0.3) is 11.1 Å². The molecule has 0 bridgehead atoms. The van der Waals surface area contributed by atoms with Gasteiger partial charge in [0.15, 0.2) is 6.10 Å². The average Bonchev–Trinajstić information content (AvgIpc) is 2.74. The largest absolute Gasteiger partial charge is 0.479 e. The van der Waals surface area contributed by atoms with Crippen molar-refractivity contribution >= 4 is 5.97 Å². The van der Waals surface area contributed by atoms with Crippen molar-refractivity contribution in [3.05, 3.63) is 35.7 Å². The third-order valence-electron chi connectivity index (χ3n) is 3.48. The van der Waals surface area contributed by atoms with Gasteiger partial charge in [0, 0.05) is 17.8 Å². The van der Waals surface area contributed by atoms with Gasteiger partial charge in [-0.1, -0.05) is 12.1 Å². The van der Waals surface area contributed by atoms with Crippen molar-refractivity contribution in [2.45, 2.75) is 40.3 Å². The molecule has 0 aliphatic rings. The van der Waals surface area contributed by atoms with Crippen LogP contribution in [0.2, 0.25) is 0 Å². The van der Waals surface area contributed by atoms with E-state index in [4.69, 9.17) is 9.84 Å². The minimum Gasteiger partial charge on any atom is -0.479 e. The first-order valence-corrected chi connectivity index (χ1v) is 6.98. The summed E-state index contributed by atoms with van der Waals surface area (Å²) in [7, 11) is 0. The number of carboxylic acids is 1. The molecular weight excluding hydrogens is 268 g/mol. The maximum absolute atomic E-state index is 10.8. The summed E-state index contributed by atoms with van der Waals surface area (Å²) in [6, 6.07) is 7.44. The lowest BCUT2D eigenvalue weighted by atomic mass is 10.0. The fourth-order valence-corrected chi connectivity index (χ4v) is 2.38. The summed E-state index contributed by atoms with van der Waals surface area (Å²) in [6.45, 7) is 8.45. The highest BCUT2D eigenvalue weighted by atomic mass is 16.5. The van der Waals surface area contributed by atoms with Crippen LogP contribution >= 0.6 is 0 Å². The molecule has 0 saturated carbocycles. The molecule has 0 aliphatic heterocycles. The fraction of sp³-hybridized carbons (Fsp3) is 0.375. The summed E-state index contributed by atoms with van der Waals surface area (Å²) >= 11 is 0. The molecule has 1 aromatic heterocycles. The van der Waals surface area contributed by atoms with E-state index >= 15 is 0 Å². The summed E-state index contributed by atoms with van der Waals surface area (Å²) in [5.41, 5.74) is 4.29. The number of aryl methyl sites for hydroxylation is 2. The minimum atomic E-state index is -0.977. The second kappa shape index (κ2) is 5.99. The Labute approximate surface area is 124 Å². The number of aliphatic carboxylic acids is 1. The molecule has 0 radical (unpaired) electrons. The molecule has 1 atom stereocenters. The molecule has 0 spiro atoms. The van der Waals surface area contributed by atoms with Crippen molar-refractivity contribution < 1.29 is 14.6 Å². The summed E-state index contributed by atoms with van der Waals surface area (Å²) in [5, 5.41) is 13.3. The zero-order chi connectivity index (χ0) is 15.6. The van der Waals surface area contributed by atoms with Gasteiger partial charge in [0.05, 0.1) is 5.69 Å². The Bertz CT molecular complexity index is 644. The molecular formula is C16H20N2O3. The van der Waals surface area contributed by atoms with Crippen LogP contribution in [0.5, 0.6) is 5.75 Å². The van der Waals surface area contributed by atoms with Crippen LogP contribution < -0.4 is 4.74 Å². The van der Waals surface area contributed by atoms with Crippen molar-refractivity contribution in [1.82, 2.24) is 9.78 Å². The van der Waals surface area contributed by atoms with Gasteiger partial charge in [0.1, 0.15) is 5.75 Å². The Hall–Kier alpha value is -2.30. The van der Waals surface area contributed by atoms with Gasteiger partial charge < -0.3 is 9.84 Å². The molecule has 0 unspecified atom stereocenters. The quantitative estimate of drug-likeness (QED) is 0.918. The number of carboxylic acid groups (broad SMARTS) is 1. The third kappa shape index (κ3) is 3.07. The van der Waals surface area contributed by atoms with Crippen LogP contribution in [0.1, 0.15) is 25.2 Å². The van der Waals surface area contributed by atoms with Gasteiger partial charge in [0.25, 0.3) is 0 Å². The Morgan fingerprint density at radius 1 is 1.33 bits per heavy atom. The van der Waals surface area contributed by atoms with Gasteiger partial charge in [-0.15, -0.1) is 0 Å². The smallest absolute Gasteiger partial charge is 0.344 e.